The Morgan fingerprint density at radius 3 is 2.86 bits per heavy atom. The fourth-order valence-corrected chi connectivity index (χ4v) is 2.82. The molecule has 1 aromatic rings. The summed E-state index contributed by atoms with van der Waals surface area (Å²) in [6.45, 7) is 3.58. The number of rotatable bonds is 5. The number of benzene rings is 1. The first kappa shape index (κ1) is 15.6. The average molecular weight is 309 g/mol. The van der Waals surface area contributed by atoms with E-state index in [9.17, 15) is 5.11 Å². The molecule has 0 spiro atoms. The van der Waals surface area contributed by atoms with Crippen molar-refractivity contribution in [3.05, 3.63) is 23.8 Å². The van der Waals surface area contributed by atoms with Gasteiger partial charge in [-0.15, -0.1) is 0 Å². The number of ether oxygens (including phenoxy) is 4. The first-order valence-electron chi connectivity index (χ1n) is 7.66. The van der Waals surface area contributed by atoms with Crippen LogP contribution in [-0.2, 0) is 16.0 Å². The van der Waals surface area contributed by atoms with E-state index in [1.807, 2.05) is 18.2 Å². The molecule has 1 fully saturated rings. The Hall–Kier alpha value is -1.34. The van der Waals surface area contributed by atoms with Crippen molar-refractivity contribution in [3.63, 3.8) is 0 Å². The third-order valence-electron chi connectivity index (χ3n) is 4.12. The van der Waals surface area contributed by atoms with Crippen molar-refractivity contribution in [1.29, 1.82) is 0 Å². The molecule has 0 amide bonds. The second-order valence-electron chi connectivity index (χ2n) is 5.67. The fourth-order valence-electron chi connectivity index (χ4n) is 2.82. The van der Waals surface area contributed by atoms with Gasteiger partial charge in [0.25, 0.3) is 0 Å². The molecule has 2 N–H and O–H groups in total. The molecular weight excluding hydrogens is 286 g/mol. The summed E-state index contributed by atoms with van der Waals surface area (Å²) in [5.41, 5.74) is 1.12. The van der Waals surface area contributed by atoms with Crippen LogP contribution in [0.5, 0.6) is 11.5 Å². The molecule has 22 heavy (non-hydrogen) atoms. The molecule has 0 bridgehead atoms. The molecule has 0 aromatic heterocycles. The van der Waals surface area contributed by atoms with Gasteiger partial charge in [0, 0.05) is 26.1 Å². The van der Waals surface area contributed by atoms with Crippen molar-refractivity contribution in [2.24, 2.45) is 5.92 Å². The minimum Gasteiger partial charge on any atom is -0.486 e. The fraction of sp³-hybridized carbons (Fsp3) is 0.625. The van der Waals surface area contributed by atoms with Crippen LogP contribution in [0.25, 0.3) is 0 Å². The minimum absolute atomic E-state index is 0.0379. The second-order valence-corrected chi connectivity index (χ2v) is 5.67. The summed E-state index contributed by atoms with van der Waals surface area (Å²) in [6.07, 6.45) is -0.735. The average Bonchev–Trinajstić information content (AvgIpc) is 2.56. The molecular formula is C16H23NO5. The number of methoxy groups -OCH3 is 1. The first-order valence-corrected chi connectivity index (χ1v) is 7.66. The van der Waals surface area contributed by atoms with Gasteiger partial charge < -0.3 is 29.4 Å². The Balaban J connectivity index is 1.50. The summed E-state index contributed by atoms with van der Waals surface area (Å²) in [5, 5.41) is 13.6. The summed E-state index contributed by atoms with van der Waals surface area (Å²) in [4.78, 5) is 0. The Labute approximate surface area is 130 Å². The quantitative estimate of drug-likeness (QED) is 0.829. The van der Waals surface area contributed by atoms with Crippen LogP contribution >= 0.6 is 0 Å². The van der Waals surface area contributed by atoms with Crippen LogP contribution in [0.1, 0.15) is 5.56 Å². The summed E-state index contributed by atoms with van der Waals surface area (Å²) >= 11 is 0. The lowest BCUT2D eigenvalue weighted by Crippen LogP contribution is -2.48. The zero-order valence-corrected chi connectivity index (χ0v) is 12.8. The number of aliphatic hydroxyl groups is 1. The lowest BCUT2D eigenvalue weighted by Gasteiger charge is -2.34. The summed E-state index contributed by atoms with van der Waals surface area (Å²) in [5.74, 6) is 1.64. The summed E-state index contributed by atoms with van der Waals surface area (Å²) < 4.78 is 21.8. The number of nitrogens with one attached hydrogen (secondary N) is 1. The molecule has 1 saturated heterocycles. The molecule has 6 nitrogen and oxygen atoms in total. The molecule has 2 aliphatic rings. The van der Waals surface area contributed by atoms with Crippen LogP contribution in [-0.4, -0.2) is 57.4 Å². The van der Waals surface area contributed by atoms with Crippen LogP contribution in [0.2, 0.25) is 0 Å². The maximum Gasteiger partial charge on any atom is 0.161 e. The Bertz CT molecular complexity index is 495. The van der Waals surface area contributed by atoms with Gasteiger partial charge in [-0.1, -0.05) is 6.07 Å². The molecule has 0 unspecified atom stereocenters. The zero-order chi connectivity index (χ0) is 15.4. The van der Waals surface area contributed by atoms with Gasteiger partial charge in [0.05, 0.1) is 19.3 Å². The molecule has 1 aromatic carbocycles. The molecule has 2 aliphatic heterocycles. The monoisotopic (exact) mass is 309 g/mol. The van der Waals surface area contributed by atoms with E-state index in [0.717, 1.165) is 17.1 Å². The Kier molecular flexibility index (Phi) is 5.15. The SMILES string of the molecule is CO[C@@H]1COC[C@@H](CNCc2ccc3c(c2)OCCO3)[C@@H]1O. The van der Waals surface area contributed by atoms with E-state index in [1.54, 1.807) is 7.11 Å². The van der Waals surface area contributed by atoms with E-state index in [2.05, 4.69) is 5.32 Å². The molecule has 6 heteroatoms. The number of aliphatic hydroxyl groups excluding tert-OH is 1. The lowest BCUT2D eigenvalue weighted by atomic mass is 9.96. The topological polar surface area (TPSA) is 69.2 Å². The third kappa shape index (κ3) is 3.52. The molecule has 3 rings (SSSR count). The lowest BCUT2D eigenvalue weighted by molar-refractivity contribution is -0.133. The van der Waals surface area contributed by atoms with Crippen LogP contribution < -0.4 is 14.8 Å². The van der Waals surface area contributed by atoms with Gasteiger partial charge in [-0.3, -0.25) is 0 Å². The van der Waals surface area contributed by atoms with Crippen LogP contribution in [0.15, 0.2) is 18.2 Å². The largest absolute Gasteiger partial charge is 0.486 e. The molecule has 0 radical (unpaired) electrons. The van der Waals surface area contributed by atoms with E-state index in [-0.39, 0.29) is 12.0 Å². The maximum atomic E-state index is 10.2. The van der Waals surface area contributed by atoms with E-state index in [0.29, 0.717) is 39.5 Å². The van der Waals surface area contributed by atoms with Crippen LogP contribution in [0.3, 0.4) is 0 Å². The van der Waals surface area contributed by atoms with E-state index in [4.69, 9.17) is 18.9 Å². The highest BCUT2D eigenvalue weighted by Crippen LogP contribution is 2.30. The molecule has 0 aliphatic carbocycles. The third-order valence-corrected chi connectivity index (χ3v) is 4.12. The second kappa shape index (κ2) is 7.28. The number of hydrogen-bond acceptors (Lipinski definition) is 6. The molecule has 0 saturated carbocycles. The molecule has 122 valence electrons. The Morgan fingerprint density at radius 1 is 1.23 bits per heavy atom. The van der Waals surface area contributed by atoms with Gasteiger partial charge in [-0.25, -0.2) is 0 Å². The smallest absolute Gasteiger partial charge is 0.161 e. The van der Waals surface area contributed by atoms with Crippen molar-refractivity contribution in [3.8, 4) is 11.5 Å². The highest BCUT2D eigenvalue weighted by Gasteiger charge is 2.32. The van der Waals surface area contributed by atoms with Crippen molar-refractivity contribution in [2.45, 2.75) is 18.8 Å². The van der Waals surface area contributed by atoms with Gasteiger partial charge >= 0.3 is 0 Å². The number of fused-ring (bicyclic) bond motifs is 1. The van der Waals surface area contributed by atoms with E-state index < -0.39 is 6.10 Å². The molecule has 2 heterocycles. The first-order chi connectivity index (χ1) is 10.8. The summed E-state index contributed by atoms with van der Waals surface area (Å²) in [7, 11) is 1.60. The van der Waals surface area contributed by atoms with Gasteiger partial charge in [-0.05, 0) is 17.7 Å². The van der Waals surface area contributed by atoms with E-state index >= 15 is 0 Å². The van der Waals surface area contributed by atoms with Gasteiger partial charge in [0.15, 0.2) is 11.5 Å². The van der Waals surface area contributed by atoms with Crippen molar-refractivity contribution in [1.82, 2.24) is 5.32 Å². The molecule has 3 atom stereocenters. The van der Waals surface area contributed by atoms with Gasteiger partial charge in [-0.2, -0.15) is 0 Å². The van der Waals surface area contributed by atoms with Gasteiger partial charge in [0.2, 0.25) is 0 Å². The van der Waals surface area contributed by atoms with E-state index in [1.165, 1.54) is 0 Å². The minimum atomic E-state index is -0.494. The van der Waals surface area contributed by atoms with Crippen LogP contribution in [0.4, 0.5) is 0 Å². The van der Waals surface area contributed by atoms with Crippen molar-refractivity contribution in [2.75, 3.05) is 40.1 Å². The van der Waals surface area contributed by atoms with Gasteiger partial charge in [0.1, 0.15) is 19.3 Å². The number of hydrogen-bond donors (Lipinski definition) is 2. The Morgan fingerprint density at radius 2 is 2.05 bits per heavy atom. The highest BCUT2D eigenvalue weighted by molar-refractivity contribution is 5.43. The van der Waals surface area contributed by atoms with Crippen molar-refractivity contribution < 1.29 is 24.1 Å². The maximum absolute atomic E-state index is 10.2. The standard InChI is InChI=1S/C16H23NO5/c1-19-15-10-20-9-12(16(15)18)8-17-7-11-2-3-13-14(6-11)22-5-4-21-13/h2-3,6,12,15-18H,4-5,7-10H2,1H3/t12-,15-,16+/m1/s1. The van der Waals surface area contributed by atoms with Crippen LogP contribution in [0, 0.1) is 5.92 Å². The predicted octanol–water partition coefficient (Wildman–Crippen LogP) is 0.570. The normalized spacial score (nSPS) is 27.6. The zero-order valence-electron chi connectivity index (χ0n) is 12.8. The summed E-state index contributed by atoms with van der Waals surface area (Å²) in [6, 6.07) is 5.95. The predicted molar refractivity (Wildman–Crippen MR) is 80.3 cm³/mol. The highest BCUT2D eigenvalue weighted by atomic mass is 16.6. The van der Waals surface area contributed by atoms with Crippen molar-refractivity contribution >= 4 is 0 Å².